The Morgan fingerprint density at radius 1 is 1.24 bits per heavy atom. The van der Waals surface area contributed by atoms with Crippen LogP contribution < -0.4 is 10.1 Å². The number of ether oxygens (including phenoxy) is 1. The number of hydrogen-bond donors (Lipinski definition) is 2. The lowest BCUT2D eigenvalue weighted by Crippen LogP contribution is -2.29. The molecule has 0 aliphatic heterocycles. The predicted octanol–water partition coefficient (Wildman–Crippen LogP) is 2.43. The van der Waals surface area contributed by atoms with Crippen LogP contribution in [0, 0.1) is 20.8 Å². The molecule has 0 fully saturated rings. The largest absolute Gasteiger partial charge is 0.491 e. The predicted molar refractivity (Wildman–Crippen MR) is 96.3 cm³/mol. The summed E-state index contributed by atoms with van der Waals surface area (Å²) in [4.78, 5) is 26.7. The van der Waals surface area contributed by atoms with E-state index in [1.54, 1.807) is 5.38 Å². The summed E-state index contributed by atoms with van der Waals surface area (Å²) < 4.78 is 5.75. The molecule has 1 heterocycles. The Hall–Kier alpha value is -2.41. The van der Waals surface area contributed by atoms with Gasteiger partial charge in [-0.3, -0.25) is 9.59 Å². The second-order valence-corrected chi connectivity index (χ2v) is 6.83. The van der Waals surface area contributed by atoms with Crippen molar-refractivity contribution in [1.29, 1.82) is 0 Å². The second kappa shape index (κ2) is 8.62. The summed E-state index contributed by atoms with van der Waals surface area (Å²) in [7, 11) is 0. The van der Waals surface area contributed by atoms with Crippen LogP contribution in [-0.2, 0) is 22.4 Å². The number of aliphatic carboxylic acids is 1. The summed E-state index contributed by atoms with van der Waals surface area (Å²) in [5.41, 5.74) is 3.91. The number of carboxylic acids is 1. The van der Waals surface area contributed by atoms with E-state index in [0.29, 0.717) is 23.9 Å². The third kappa shape index (κ3) is 5.86. The van der Waals surface area contributed by atoms with Gasteiger partial charge in [-0.05, 0) is 43.5 Å². The van der Waals surface area contributed by atoms with Crippen molar-refractivity contribution >= 4 is 23.2 Å². The summed E-state index contributed by atoms with van der Waals surface area (Å²) in [6, 6.07) is 4.10. The molecule has 0 saturated carbocycles. The van der Waals surface area contributed by atoms with E-state index in [1.165, 1.54) is 16.9 Å². The maximum atomic E-state index is 11.9. The van der Waals surface area contributed by atoms with Gasteiger partial charge in [-0.2, -0.15) is 0 Å². The molecule has 134 valence electrons. The molecule has 0 aliphatic rings. The van der Waals surface area contributed by atoms with E-state index in [-0.39, 0.29) is 18.7 Å². The number of hydrogen-bond acceptors (Lipinski definition) is 5. The first-order chi connectivity index (χ1) is 11.8. The third-order valence-corrected chi connectivity index (χ3v) is 4.59. The molecule has 2 rings (SSSR count). The molecule has 0 radical (unpaired) electrons. The van der Waals surface area contributed by atoms with E-state index in [1.807, 2.05) is 26.8 Å². The van der Waals surface area contributed by atoms with Crippen LogP contribution in [0.3, 0.4) is 0 Å². The molecule has 25 heavy (non-hydrogen) atoms. The van der Waals surface area contributed by atoms with Crippen LogP contribution in [0.2, 0.25) is 0 Å². The maximum Gasteiger partial charge on any atom is 0.309 e. The Morgan fingerprint density at radius 3 is 2.72 bits per heavy atom. The van der Waals surface area contributed by atoms with Crippen molar-refractivity contribution in [2.24, 2.45) is 0 Å². The minimum atomic E-state index is -0.930. The van der Waals surface area contributed by atoms with Gasteiger partial charge in [0.05, 0.1) is 25.1 Å². The molecule has 6 nitrogen and oxygen atoms in total. The summed E-state index contributed by atoms with van der Waals surface area (Å²) in [5.74, 6) is -0.248. The Bertz CT molecular complexity index is 770. The number of carbonyl (C=O) groups excluding carboxylic acids is 1. The van der Waals surface area contributed by atoms with Gasteiger partial charge in [-0.1, -0.05) is 6.07 Å². The number of benzene rings is 1. The molecule has 1 aromatic heterocycles. The molecule has 0 spiro atoms. The fourth-order valence-corrected chi connectivity index (χ4v) is 3.16. The van der Waals surface area contributed by atoms with E-state index < -0.39 is 5.97 Å². The SMILES string of the molecule is Cc1cc(C)c(C)c(OCCNC(=O)Cc2nc(CC(=O)O)cs2)c1. The van der Waals surface area contributed by atoms with Gasteiger partial charge in [-0.15, -0.1) is 11.3 Å². The highest BCUT2D eigenvalue weighted by molar-refractivity contribution is 7.09. The average molecular weight is 362 g/mol. The average Bonchev–Trinajstić information content (AvgIpc) is 2.94. The van der Waals surface area contributed by atoms with Crippen molar-refractivity contribution in [2.45, 2.75) is 33.6 Å². The fraction of sp³-hybridized carbons (Fsp3) is 0.389. The smallest absolute Gasteiger partial charge is 0.309 e. The van der Waals surface area contributed by atoms with Gasteiger partial charge >= 0.3 is 5.97 Å². The van der Waals surface area contributed by atoms with Crippen LogP contribution in [0.5, 0.6) is 5.75 Å². The van der Waals surface area contributed by atoms with Gasteiger partial charge in [0, 0.05) is 5.38 Å². The normalized spacial score (nSPS) is 10.5. The summed E-state index contributed by atoms with van der Waals surface area (Å²) >= 11 is 1.29. The quantitative estimate of drug-likeness (QED) is 0.704. The molecule has 2 aromatic rings. The lowest BCUT2D eigenvalue weighted by Gasteiger charge is -2.12. The van der Waals surface area contributed by atoms with Gasteiger partial charge < -0.3 is 15.2 Å². The zero-order valence-corrected chi connectivity index (χ0v) is 15.4. The molecule has 0 aliphatic carbocycles. The van der Waals surface area contributed by atoms with Gasteiger partial charge in [0.2, 0.25) is 5.91 Å². The van der Waals surface area contributed by atoms with E-state index in [0.717, 1.165) is 16.9 Å². The zero-order chi connectivity index (χ0) is 18.4. The number of aromatic nitrogens is 1. The van der Waals surface area contributed by atoms with E-state index in [2.05, 4.69) is 16.4 Å². The lowest BCUT2D eigenvalue weighted by atomic mass is 10.1. The number of carbonyl (C=O) groups is 2. The number of thiazole rings is 1. The highest BCUT2D eigenvalue weighted by Crippen LogP contribution is 2.23. The van der Waals surface area contributed by atoms with Crippen LogP contribution in [0.4, 0.5) is 0 Å². The summed E-state index contributed by atoms with van der Waals surface area (Å²) in [6.07, 6.45) is 0.0219. The minimum Gasteiger partial charge on any atom is -0.491 e. The molecule has 0 unspecified atom stereocenters. The molecule has 0 atom stereocenters. The van der Waals surface area contributed by atoms with Crippen LogP contribution in [0.1, 0.15) is 27.4 Å². The Labute approximate surface area is 150 Å². The number of carboxylic acid groups (broad SMARTS) is 1. The summed E-state index contributed by atoms with van der Waals surface area (Å²) in [6.45, 7) is 6.87. The molecule has 1 amide bonds. The maximum absolute atomic E-state index is 11.9. The van der Waals surface area contributed by atoms with Gasteiger partial charge in [0.15, 0.2) is 0 Å². The fourth-order valence-electron chi connectivity index (χ4n) is 2.37. The third-order valence-electron chi connectivity index (χ3n) is 3.69. The van der Waals surface area contributed by atoms with Crippen LogP contribution in [0.15, 0.2) is 17.5 Å². The lowest BCUT2D eigenvalue weighted by molar-refractivity contribution is -0.136. The number of aryl methyl sites for hydroxylation is 2. The van der Waals surface area contributed by atoms with Crippen LogP contribution >= 0.6 is 11.3 Å². The standard InChI is InChI=1S/C18H22N2O4S/c1-11-6-12(2)13(3)15(7-11)24-5-4-19-16(21)9-17-20-14(10-25-17)8-18(22)23/h6-7,10H,4-5,8-9H2,1-3H3,(H,19,21)(H,22,23). The molecule has 0 bridgehead atoms. The highest BCUT2D eigenvalue weighted by Gasteiger charge is 2.10. The Kier molecular flexibility index (Phi) is 6.52. The van der Waals surface area contributed by atoms with E-state index >= 15 is 0 Å². The Balaban J connectivity index is 1.75. The van der Waals surface area contributed by atoms with Crippen molar-refractivity contribution in [2.75, 3.05) is 13.2 Å². The first kappa shape index (κ1) is 18.9. The van der Waals surface area contributed by atoms with Crippen LogP contribution in [0.25, 0.3) is 0 Å². The number of nitrogens with one attached hydrogen (secondary N) is 1. The van der Waals surface area contributed by atoms with Crippen molar-refractivity contribution in [3.63, 3.8) is 0 Å². The number of amides is 1. The molecule has 7 heteroatoms. The summed E-state index contributed by atoms with van der Waals surface area (Å²) in [5, 5.41) is 13.8. The van der Waals surface area contributed by atoms with Crippen molar-refractivity contribution in [1.82, 2.24) is 10.3 Å². The van der Waals surface area contributed by atoms with E-state index in [9.17, 15) is 9.59 Å². The van der Waals surface area contributed by atoms with Gasteiger partial charge in [-0.25, -0.2) is 4.98 Å². The highest BCUT2D eigenvalue weighted by atomic mass is 32.1. The van der Waals surface area contributed by atoms with E-state index in [4.69, 9.17) is 9.84 Å². The topological polar surface area (TPSA) is 88.5 Å². The molecule has 1 aromatic carbocycles. The first-order valence-electron chi connectivity index (χ1n) is 7.97. The molecular weight excluding hydrogens is 340 g/mol. The van der Waals surface area contributed by atoms with Crippen molar-refractivity contribution < 1.29 is 19.4 Å². The zero-order valence-electron chi connectivity index (χ0n) is 14.6. The van der Waals surface area contributed by atoms with Crippen molar-refractivity contribution in [3.8, 4) is 5.75 Å². The van der Waals surface area contributed by atoms with Gasteiger partial charge in [0.1, 0.15) is 17.4 Å². The van der Waals surface area contributed by atoms with Crippen LogP contribution in [-0.4, -0.2) is 35.1 Å². The Morgan fingerprint density at radius 2 is 2.00 bits per heavy atom. The second-order valence-electron chi connectivity index (χ2n) is 5.88. The number of nitrogens with zero attached hydrogens (tertiary/aromatic N) is 1. The molecule has 0 saturated heterocycles. The molecule has 2 N–H and O–H groups in total. The van der Waals surface area contributed by atoms with Crippen molar-refractivity contribution in [3.05, 3.63) is 44.9 Å². The monoisotopic (exact) mass is 362 g/mol. The minimum absolute atomic E-state index is 0.124. The number of rotatable bonds is 8. The first-order valence-corrected chi connectivity index (χ1v) is 8.85. The van der Waals surface area contributed by atoms with Gasteiger partial charge in [0.25, 0.3) is 0 Å². The molecular formula is C18H22N2O4S.